The van der Waals surface area contributed by atoms with Crippen LogP contribution in [0.15, 0.2) is 59.3 Å². The molecule has 6 aliphatic heterocycles. The highest BCUT2D eigenvalue weighted by Gasteiger charge is 2.60. The lowest BCUT2D eigenvalue weighted by atomic mass is 9.71. The molecule has 1 aliphatic carbocycles. The Bertz CT molecular complexity index is 1710. The van der Waals surface area contributed by atoms with Crippen molar-refractivity contribution >= 4 is 5.97 Å². The van der Waals surface area contributed by atoms with Crippen molar-refractivity contribution in [3.05, 3.63) is 59.3 Å². The first-order valence-electron chi connectivity index (χ1n) is 22.3. The smallest absolute Gasteiger partial charge is 0.316 e. The van der Waals surface area contributed by atoms with E-state index in [1.165, 1.54) is 0 Å². The first-order chi connectivity index (χ1) is 29.0. The van der Waals surface area contributed by atoms with Crippen LogP contribution in [-0.2, 0) is 52.2 Å². The summed E-state index contributed by atoms with van der Waals surface area (Å²) < 4.78 is 63.5. The average Bonchev–Trinajstić information content (AvgIpc) is 3.56. The van der Waals surface area contributed by atoms with Gasteiger partial charge >= 0.3 is 5.97 Å². The molecule has 0 saturated carbocycles. The predicted molar refractivity (Wildman–Crippen MR) is 223 cm³/mol. The lowest BCUT2D eigenvalue weighted by molar-refractivity contribution is -0.318. The Morgan fingerprint density at radius 1 is 0.852 bits per heavy atom. The van der Waals surface area contributed by atoms with Gasteiger partial charge in [0.1, 0.15) is 42.0 Å². The van der Waals surface area contributed by atoms with Crippen molar-refractivity contribution in [3.63, 3.8) is 0 Å². The van der Waals surface area contributed by atoms with Gasteiger partial charge in [0.05, 0.1) is 49.3 Å². The molecular formula is C47H70O14. The van der Waals surface area contributed by atoms with Crippen LogP contribution in [0.3, 0.4) is 0 Å². The van der Waals surface area contributed by atoms with Gasteiger partial charge in [-0.25, -0.2) is 0 Å². The number of allylic oxidation sites excluding steroid dienone is 2. The van der Waals surface area contributed by atoms with E-state index >= 15 is 0 Å². The largest absolute Gasteiger partial charge is 0.462 e. The predicted octanol–water partition coefficient (Wildman–Crippen LogP) is 4.99. The molecule has 7 aliphatic rings. The van der Waals surface area contributed by atoms with Gasteiger partial charge < -0.3 is 62.7 Å². The topological polar surface area (TPSA) is 170 Å². The molecular weight excluding hydrogens is 789 g/mol. The maximum Gasteiger partial charge on any atom is 0.316 e. The van der Waals surface area contributed by atoms with Gasteiger partial charge in [0, 0.05) is 51.7 Å². The van der Waals surface area contributed by atoms with E-state index in [9.17, 15) is 20.1 Å². The summed E-state index contributed by atoms with van der Waals surface area (Å²) in [5.41, 5.74) is 0.129. The van der Waals surface area contributed by atoms with Crippen molar-refractivity contribution in [2.75, 3.05) is 20.8 Å². The summed E-state index contributed by atoms with van der Waals surface area (Å²) in [4.78, 5) is 14.3. The fourth-order valence-corrected chi connectivity index (χ4v) is 10.4. The fraction of sp³-hybridized carbons (Fsp3) is 0.766. The van der Waals surface area contributed by atoms with Crippen LogP contribution in [0.5, 0.6) is 0 Å². The molecule has 14 nitrogen and oxygen atoms in total. The van der Waals surface area contributed by atoms with E-state index in [-0.39, 0.29) is 42.7 Å². The second kappa shape index (κ2) is 19.0. The van der Waals surface area contributed by atoms with E-state index in [1.54, 1.807) is 40.2 Å². The fourth-order valence-electron chi connectivity index (χ4n) is 10.4. The standard InChI is InChI=1S/C47H70O14/c1-24(2)41-27(5)16-17-46(61-41)22-33-19-32(60-46)15-14-26(4)42(25(3)12-11-13-31-23-54-44-39(48)28(6)18-34(45(50)57-33)47(31,44)51)58-38-21-36(53-10)43(30(8)56-38)59-37-20-35(52-9)40(49)29(7)55-37/h11-14,16-18,24-25,27,29-30,32-44,48-49,51H,15,19-23H2,1-10H3/b12-11+,26-14+,31-13+/t25-,27-,29-,30-,32+,33-,34-,35-,36-,37-,38-,39+,40-,41+,42-,43-,44+,46+,47+/m0/s1. The minimum atomic E-state index is -1.83. The van der Waals surface area contributed by atoms with Crippen LogP contribution in [-0.4, -0.2) is 139 Å². The van der Waals surface area contributed by atoms with E-state index in [1.807, 2.05) is 32.1 Å². The van der Waals surface area contributed by atoms with Gasteiger partial charge in [-0.15, -0.1) is 0 Å². The van der Waals surface area contributed by atoms with Crippen molar-refractivity contribution in [2.24, 2.45) is 23.7 Å². The third-order valence-corrected chi connectivity index (χ3v) is 14.0. The number of fused-ring (bicyclic) bond motifs is 2. The van der Waals surface area contributed by atoms with Gasteiger partial charge in [-0.1, -0.05) is 64.2 Å². The molecule has 342 valence electrons. The Morgan fingerprint density at radius 2 is 1.56 bits per heavy atom. The van der Waals surface area contributed by atoms with Gasteiger partial charge in [-0.05, 0) is 62.8 Å². The molecule has 1 spiro atoms. The van der Waals surface area contributed by atoms with Crippen LogP contribution >= 0.6 is 0 Å². The Labute approximate surface area is 361 Å². The number of aliphatic hydroxyl groups excluding tert-OH is 2. The number of rotatable bonds is 7. The number of carbonyl (C=O) groups is 1. The molecule has 0 amide bonds. The number of esters is 1. The molecule has 0 aromatic heterocycles. The third-order valence-electron chi connectivity index (χ3n) is 14.0. The number of carbonyl (C=O) groups excluding carboxylic acids is 1. The molecule has 14 heteroatoms. The molecule has 61 heavy (non-hydrogen) atoms. The maximum absolute atomic E-state index is 14.3. The SMILES string of the molecule is CO[C@H]1C[C@H](O[C@H]2[C@H](C)O[C@@H](O[C@@H]3/C(C)=C/C[C@@H]4C[C@@H](C[C@]5(C=C[C@H](C)[C@@H](C(C)C)O5)O4)OC(=O)[C@@H]4C=C(C)[C@@H](O)[C@H]5OC/C(=C\C=C\[C@@H]3C)[C@]54O)C[C@@H]2OC)O[C@@H](C)[C@@H]1O. The van der Waals surface area contributed by atoms with Crippen LogP contribution in [0.25, 0.3) is 0 Å². The van der Waals surface area contributed by atoms with Gasteiger partial charge in [0.25, 0.3) is 0 Å². The Hall–Kier alpha value is -2.31. The summed E-state index contributed by atoms with van der Waals surface area (Å²) in [5, 5.41) is 34.2. The van der Waals surface area contributed by atoms with Crippen molar-refractivity contribution in [1.82, 2.24) is 0 Å². The Balaban J connectivity index is 1.18. The van der Waals surface area contributed by atoms with E-state index in [2.05, 4.69) is 39.8 Å². The van der Waals surface area contributed by atoms with Crippen molar-refractivity contribution in [1.29, 1.82) is 0 Å². The molecule has 2 bridgehead atoms. The molecule has 4 saturated heterocycles. The zero-order valence-corrected chi connectivity index (χ0v) is 37.5. The van der Waals surface area contributed by atoms with Gasteiger partial charge in [0.15, 0.2) is 18.4 Å². The summed E-state index contributed by atoms with van der Waals surface area (Å²) in [5.74, 6) is -2.62. The van der Waals surface area contributed by atoms with Crippen LogP contribution in [0, 0.1) is 23.7 Å². The van der Waals surface area contributed by atoms with E-state index < -0.39 is 90.8 Å². The van der Waals surface area contributed by atoms with Crippen LogP contribution in [0.2, 0.25) is 0 Å². The number of hydrogen-bond donors (Lipinski definition) is 3. The van der Waals surface area contributed by atoms with E-state index in [0.29, 0.717) is 43.3 Å². The maximum atomic E-state index is 14.3. The molecule has 4 fully saturated rings. The molecule has 0 aromatic rings. The molecule has 0 aromatic carbocycles. The molecule has 0 radical (unpaired) electrons. The minimum absolute atomic E-state index is 0.0313. The Kier molecular flexibility index (Phi) is 14.6. The van der Waals surface area contributed by atoms with Crippen LogP contribution < -0.4 is 0 Å². The normalized spacial score (nSPS) is 49.3. The van der Waals surface area contributed by atoms with Crippen molar-refractivity contribution < 1.29 is 67.5 Å². The molecule has 0 unspecified atom stereocenters. The lowest BCUT2D eigenvalue weighted by Crippen LogP contribution is -2.58. The first kappa shape index (κ1) is 46.7. The lowest BCUT2D eigenvalue weighted by Gasteiger charge is -2.48. The summed E-state index contributed by atoms with van der Waals surface area (Å²) in [6.07, 6.45) is 7.54. The zero-order chi connectivity index (χ0) is 44.0. The Morgan fingerprint density at radius 3 is 2.28 bits per heavy atom. The van der Waals surface area contributed by atoms with Crippen molar-refractivity contribution in [3.8, 4) is 0 Å². The first-order valence-corrected chi connectivity index (χ1v) is 22.3. The molecule has 7 rings (SSSR count). The number of aliphatic hydroxyl groups is 3. The highest BCUT2D eigenvalue weighted by molar-refractivity contribution is 5.78. The summed E-state index contributed by atoms with van der Waals surface area (Å²) >= 11 is 0. The summed E-state index contributed by atoms with van der Waals surface area (Å²) in [6.45, 7) is 16.0. The average molecular weight is 859 g/mol. The number of ether oxygens (including phenoxy) is 10. The molecule has 6 heterocycles. The van der Waals surface area contributed by atoms with Crippen LogP contribution in [0.1, 0.15) is 87.5 Å². The monoisotopic (exact) mass is 858 g/mol. The highest BCUT2D eigenvalue weighted by Crippen LogP contribution is 2.47. The summed E-state index contributed by atoms with van der Waals surface area (Å²) in [7, 11) is 3.22. The summed E-state index contributed by atoms with van der Waals surface area (Å²) in [6, 6.07) is 0. The second-order valence-corrected chi connectivity index (χ2v) is 18.8. The highest BCUT2D eigenvalue weighted by atomic mass is 16.7. The zero-order valence-electron chi connectivity index (χ0n) is 37.5. The quantitative estimate of drug-likeness (QED) is 0.231. The van der Waals surface area contributed by atoms with Gasteiger partial charge in [-0.3, -0.25) is 4.79 Å². The molecule has 19 atom stereocenters. The van der Waals surface area contributed by atoms with Crippen LogP contribution in [0.4, 0.5) is 0 Å². The number of methoxy groups -OCH3 is 2. The molecule has 3 N–H and O–H groups in total. The van der Waals surface area contributed by atoms with E-state index in [4.69, 9.17) is 47.4 Å². The third kappa shape index (κ3) is 9.58. The van der Waals surface area contributed by atoms with Gasteiger partial charge in [0.2, 0.25) is 0 Å². The van der Waals surface area contributed by atoms with E-state index in [0.717, 1.165) is 5.57 Å². The van der Waals surface area contributed by atoms with Gasteiger partial charge in [-0.2, -0.15) is 0 Å². The van der Waals surface area contributed by atoms with Crippen molar-refractivity contribution in [2.45, 2.75) is 185 Å². The second-order valence-electron chi connectivity index (χ2n) is 18.8. The minimum Gasteiger partial charge on any atom is -0.462 e. The number of hydrogen-bond acceptors (Lipinski definition) is 14.